The van der Waals surface area contributed by atoms with Gasteiger partial charge in [-0.2, -0.15) is 5.26 Å². The van der Waals surface area contributed by atoms with Gasteiger partial charge in [-0.3, -0.25) is 0 Å². The van der Waals surface area contributed by atoms with Gasteiger partial charge in [-0.15, -0.1) is 0 Å². The first-order chi connectivity index (χ1) is 8.62. The van der Waals surface area contributed by atoms with Crippen molar-refractivity contribution in [3.05, 3.63) is 29.8 Å². The van der Waals surface area contributed by atoms with Gasteiger partial charge in [-0.05, 0) is 36.6 Å². The minimum Gasteiger partial charge on any atom is -0.381 e. The van der Waals surface area contributed by atoms with Gasteiger partial charge in [-0.25, -0.2) is 13.1 Å². The fourth-order valence-corrected chi connectivity index (χ4v) is 2.88. The van der Waals surface area contributed by atoms with Gasteiger partial charge in [0, 0.05) is 13.2 Å². The van der Waals surface area contributed by atoms with E-state index >= 15 is 0 Å². The largest absolute Gasteiger partial charge is 0.381 e. The summed E-state index contributed by atoms with van der Waals surface area (Å²) >= 11 is 0. The molecule has 0 spiro atoms. The quantitative estimate of drug-likeness (QED) is 0.877. The lowest BCUT2D eigenvalue weighted by Crippen LogP contribution is -2.29. The first-order valence-electron chi connectivity index (χ1n) is 5.69. The van der Waals surface area contributed by atoms with E-state index < -0.39 is 10.0 Å². The maximum atomic E-state index is 12.0. The zero-order valence-corrected chi connectivity index (χ0v) is 10.6. The van der Waals surface area contributed by atoms with Gasteiger partial charge in [0.2, 0.25) is 10.0 Å². The molecule has 1 aromatic rings. The molecule has 96 valence electrons. The van der Waals surface area contributed by atoms with Crippen LogP contribution in [0.5, 0.6) is 0 Å². The summed E-state index contributed by atoms with van der Waals surface area (Å²) in [6.07, 6.45) is 0.885. The second kappa shape index (κ2) is 5.48. The van der Waals surface area contributed by atoms with Gasteiger partial charge in [0.05, 0.1) is 23.1 Å². The van der Waals surface area contributed by atoms with Gasteiger partial charge >= 0.3 is 0 Å². The Kier molecular flexibility index (Phi) is 3.97. The van der Waals surface area contributed by atoms with Crippen molar-refractivity contribution in [3.63, 3.8) is 0 Å². The van der Waals surface area contributed by atoms with E-state index in [-0.39, 0.29) is 10.8 Å². The molecule has 0 aliphatic carbocycles. The molecule has 1 heterocycles. The van der Waals surface area contributed by atoms with Crippen molar-refractivity contribution in [2.24, 2.45) is 5.92 Å². The topological polar surface area (TPSA) is 79.2 Å². The average Bonchev–Trinajstić information content (AvgIpc) is 2.90. The Hall–Kier alpha value is -1.42. The Labute approximate surface area is 106 Å². The second-order valence-corrected chi connectivity index (χ2v) is 5.98. The highest BCUT2D eigenvalue weighted by atomic mass is 32.2. The molecule has 0 bridgehead atoms. The molecule has 0 unspecified atom stereocenters. The van der Waals surface area contributed by atoms with Crippen LogP contribution in [0.2, 0.25) is 0 Å². The Morgan fingerprint density at radius 1 is 1.39 bits per heavy atom. The third-order valence-electron chi connectivity index (χ3n) is 2.88. The molecular formula is C12H14N2O3S. The third kappa shape index (κ3) is 3.07. The maximum absolute atomic E-state index is 12.0. The standard InChI is InChI=1S/C12H14N2O3S/c13-7-10-1-3-12(4-2-10)18(15,16)14-8-11-5-6-17-9-11/h1-4,11,14H,5-6,8-9H2/t11-/m1/s1. The predicted molar refractivity (Wildman–Crippen MR) is 65.3 cm³/mol. The van der Waals surface area contributed by atoms with E-state index in [1.807, 2.05) is 6.07 Å². The number of nitrogens with zero attached hydrogens (tertiary/aromatic N) is 1. The molecule has 6 heteroatoms. The van der Waals surface area contributed by atoms with Crippen LogP contribution in [-0.4, -0.2) is 28.2 Å². The summed E-state index contributed by atoms with van der Waals surface area (Å²) in [4.78, 5) is 0.181. The fraction of sp³-hybridized carbons (Fsp3) is 0.417. The lowest BCUT2D eigenvalue weighted by atomic mass is 10.1. The van der Waals surface area contributed by atoms with Gasteiger partial charge in [0.15, 0.2) is 0 Å². The van der Waals surface area contributed by atoms with Gasteiger partial charge in [0.25, 0.3) is 0 Å². The molecule has 5 nitrogen and oxygen atoms in total. The average molecular weight is 266 g/mol. The van der Waals surface area contributed by atoms with Crippen LogP contribution in [-0.2, 0) is 14.8 Å². The number of benzene rings is 1. The van der Waals surface area contributed by atoms with Crippen molar-refractivity contribution in [2.45, 2.75) is 11.3 Å². The number of nitrogens with one attached hydrogen (secondary N) is 1. The monoisotopic (exact) mass is 266 g/mol. The molecule has 1 N–H and O–H groups in total. The van der Waals surface area contributed by atoms with E-state index in [4.69, 9.17) is 10.00 Å². The minimum atomic E-state index is -3.49. The van der Waals surface area contributed by atoms with E-state index in [1.165, 1.54) is 24.3 Å². The van der Waals surface area contributed by atoms with Crippen LogP contribution >= 0.6 is 0 Å². The smallest absolute Gasteiger partial charge is 0.240 e. The zero-order chi connectivity index (χ0) is 13.0. The summed E-state index contributed by atoms with van der Waals surface area (Å²) in [6, 6.07) is 7.81. The van der Waals surface area contributed by atoms with Crippen LogP contribution in [0.15, 0.2) is 29.2 Å². The molecule has 1 atom stereocenters. The molecule has 1 aliphatic heterocycles. The molecule has 0 saturated carbocycles. The molecular weight excluding hydrogens is 252 g/mol. The molecule has 1 fully saturated rings. The van der Waals surface area contributed by atoms with Crippen molar-refractivity contribution in [1.29, 1.82) is 5.26 Å². The number of ether oxygens (including phenoxy) is 1. The Morgan fingerprint density at radius 2 is 2.11 bits per heavy atom. The molecule has 1 saturated heterocycles. The van der Waals surface area contributed by atoms with Crippen molar-refractivity contribution in [3.8, 4) is 6.07 Å². The highest BCUT2D eigenvalue weighted by molar-refractivity contribution is 7.89. The van der Waals surface area contributed by atoms with Gasteiger partial charge in [-0.1, -0.05) is 0 Å². The molecule has 0 aromatic heterocycles. The van der Waals surface area contributed by atoms with Crippen molar-refractivity contribution >= 4 is 10.0 Å². The van der Waals surface area contributed by atoms with Crippen LogP contribution in [0.25, 0.3) is 0 Å². The van der Waals surface area contributed by atoms with Crippen molar-refractivity contribution in [2.75, 3.05) is 19.8 Å². The molecule has 0 amide bonds. The number of hydrogen-bond donors (Lipinski definition) is 1. The van der Waals surface area contributed by atoms with Crippen molar-refractivity contribution < 1.29 is 13.2 Å². The molecule has 2 rings (SSSR count). The number of nitriles is 1. The van der Waals surface area contributed by atoms with Gasteiger partial charge < -0.3 is 4.74 Å². The lowest BCUT2D eigenvalue weighted by Gasteiger charge is -2.10. The van der Waals surface area contributed by atoms with Gasteiger partial charge in [0.1, 0.15) is 0 Å². The minimum absolute atomic E-state index is 0.181. The summed E-state index contributed by atoms with van der Waals surface area (Å²) < 4.78 is 31.7. The number of sulfonamides is 1. The van der Waals surface area contributed by atoms with Crippen molar-refractivity contribution in [1.82, 2.24) is 4.72 Å². The Bertz CT molecular complexity index is 540. The lowest BCUT2D eigenvalue weighted by molar-refractivity contribution is 0.186. The van der Waals surface area contributed by atoms with Crippen LogP contribution in [0.3, 0.4) is 0 Å². The first kappa shape index (κ1) is 13.0. The fourth-order valence-electron chi connectivity index (χ4n) is 1.76. The van der Waals surface area contributed by atoms with Crippen LogP contribution < -0.4 is 4.72 Å². The van der Waals surface area contributed by atoms with E-state index in [9.17, 15) is 8.42 Å². The summed E-state index contributed by atoms with van der Waals surface area (Å²) in [6.45, 7) is 1.70. The highest BCUT2D eigenvalue weighted by Crippen LogP contribution is 2.14. The number of hydrogen-bond acceptors (Lipinski definition) is 4. The Balaban J connectivity index is 2.02. The first-order valence-corrected chi connectivity index (χ1v) is 7.18. The summed E-state index contributed by atoms with van der Waals surface area (Å²) in [5.41, 5.74) is 0.443. The van der Waals surface area contributed by atoms with Crippen LogP contribution in [0.4, 0.5) is 0 Å². The second-order valence-electron chi connectivity index (χ2n) is 4.22. The molecule has 0 radical (unpaired) electrons. The number of rotatable bonds is 4. The third-order valence-corrected chi connectivity index (χ3v) is 4.32. The van der Waals surface area contributed by atoms with E-state index in [0.29, 0.717) is 25.3 Å². The zero-order valence-electron chi connectivity index (χ0n) is 9.80. The molecule has 18 heavy (non-hydrogen) atoms. The molecule has 1 aromatic carbocycles. The summed E-state index contributed by atoms with van der Waals surface area (Å²) in [5, 5.41) is 8.65. The van der Waals surface area contributed by atoms with E-state index in [2.05, 4.69) is 4.72 Å². The predicted octanol–water partition coefficient (Wildman–Crippen LogP) is 0.873. The van der Waals surface area contributed by atoms with Crippen LogP contribution in [0, 0.1) is 17.2 Å². The molecule has 1 aliphatic rings. The maximum Gasteiger partial charge on any atom is 0.240 e. The normalized spacial score (nSPS) is 19.6. The van der Waals surface area contributed by atoms with E-state index in [1.54, 1.807) is 0 Å². The van der Waals surface area contributed by atoms with E-state index in [0.717, 1.165) is 6.42 Å². The summed E-state index contributed by atoms with van der Waals surface area (Å²) in [7, 11) is -3.49. The summed E-state index contributed by atoms with van der Waals surface area (Å²) in [5.74, 6) is 0.248. The Morgan fingerprint density at radius 3 is 2.67 bits per heavy atom. The SMILES string of the molecule is N#Cc1ccc(S(=O)(=O)NC[C@H]2CCOC2)cc1. The highest BCUT2D eigenvalue weighted by Gasteiger charge is 2.20. The van der Waals surface area contributed by atoms with Crippen LogP contribution in [0.1, 0.15) is 12.0 Å².